The van der Waals surface area contributed by atoms with Crippen molar-refractivity contribution in [2.45, 2.75) is 63.2 Å². The van der Waals surface area contributed by atoms with Crippen LogP contribution in [0.1, 0.15) is 86.0 Å². The Morgan fingerprint density at radius 2 is 1.04 bits per heavy atom. The molecule has 2 saturated carbocycles. The Morgan fingerprint density at radius 1 is 0.635 bits per heavy atom. The summed E-state index contributed by atoms with van der Waals surface area (Å²) in [5, 5.41) is 28.2. The van der Waals surface area contributed by atoms with E-state index in [1.165, 1.54) is 21.5 Å². The summed E-state index contributed by atoms with van der Waals surface area (Å²) in [7, 11) is 0. The Kier molecular flexibility index (Phi) is 9.45. The van der Waals surface area contributed by atoms with Crippen LogP contribution in [0, 0.1) is 23.3 Å². The number of aromatic amines is 2. The lowest BCUT2D eigenvalue weighted by molar-refractivity contribution is -0.118. The third-order valence-electron chi connectivity index (χ3n) is 8.96. The lowest BCUT2D eigenvalue weighted by Gasteiger charge is -2.08. The lowest BCUT2D eigenvalue weighted by Crippen LogP contribution is -2.19. The predicted octanol–water partition coefficient (Wildman–Crippen LogP) is 6.99. The zero-order valence-electron chi connectivity index (χ0n) is 28.1. The average molecular weight is 715 g/mol. The van der Waals surface area contributed by atoms with Crippen LogP contribution in [0.3, 0.4) is 0 Å². The van der Waals surface area contributed by atoms with E-state index in [0.29, 0.717) is 46.2 Å². The maximum Gasteiger partial charge on any atom is 0.234 e. The molecule has 2 aliphatic rings. The summed E-state index contributed by atoms with van der Waals surface area (Å²) >= 11 is 0. The van der Waals surface area contributed by atoms with Crippen molar-refractivity contribution in [2.24, 2.45) is 0 Å². The van der Waals surface area contributed by atoms with Crippen LogP contribution in [0.15, 0.2) is 73.1 Å². The Morgan fingerprint density at radius 3 is 1.40 bits per heavy atom. The van der Waals surface area contributed by atoms with Gasteiger partial charge in [0, 0.05) is 59.9 Å². The van der Waals surface area contributed by atoms with Gasteiger partial charge in [0.1, 0.15) is 0 Å². The molecule has 0 radical (unpaired) electrons. The highest BCUT2D eigenvalue weighted by atomic mass is 19.2. The minimum Gasteiger partial charge on any atom is -0.309 e. The molecule has 16 heteroatoms. The normalized spacial score (nSPS) is 15.0. The van der Waals surface area contributed by atoms with Gasteiger partial charge in [-0.2, -0.15) is 20.4 Å². The van der Waals surface area contributed by atoms with E-state index in [4.69, 9.17) is 0 Å². The van der Waals surface area contributed by atoms with Crippen molar-refractivity contribution in [1.82, 2.24) is 40.0 Å². The van der Waals surface area contributed by atoms with E-state index >= 15 is 0 Å². The first-order valence-corrected chi connectivity index (χ1v) is 16.8. The number of amides is 2. The van der Waals surface area contributed by atoms with Gasteiger partial charge in [-0.3, -0.25) is 19.8 Å². The molecular weight excluding hydrogens is 680 g/mol. The number of hydrogen-bond donors (Lipinski definition) is 4. The Balaban J connectivity index is 0.000000162. The topological polar surface area (TPSA) is 151 Å². The number of halogens is 4. The quantitative estimate of drug-likeness (QED) is 0.112. The van der Waals surface area contributed by atoms with Crippen molar-refractivity contribution in [3.05, 3.63) is 119 Å². The first-order chi connectivity index (χ1) is 25.0. The number of benzene rings is 2. The van der Waals surface area contributed by atoms with E-state index in [0.717, 1.165) is 61.3 Å². The molecule has 2 amide bonds. The van der Waals surface area contributed by atoms with E-state index in [1.54, 1.807) is 38.4 Å². The minimum atomic E-state index is -0.949. The van der Waals surface area contributed by atoms with Gasteiger partial charge in [-0.15, -0.1) is 0 Å². The molecule has 0 unspecified atom stereocenters. The number of H-pyrrole nitrogens is 2. The predicted molar refractivity (Wildman–Crippen MR) is 182 cm³/mol. The van der Waals surface area contributed by atoms with Crippen LogP contribution in [0.2, 0.25) is 0 Å². The maximum atomic E-state index is 13.4. The molecule has 268 valence electrons. The van der Waals surface area contributed by atoms with E-state index < -0.39 is 35.1 Å². The summed E-state index contributed by atoms with van der Waals surface area (Å²) in [4.78, 5) is 24.9. The molecule has 0 spiro atoms. The number of aromatic nitrogens is 8. The summed E-state index contributed by atoms with van der Waals surface area (Å²) in [5.41, 5.74) is 3.87. The van der Waals surface area contributed by atoms with E-state index in [2.05, 4.69) is 41.2 Å². The molecule has 2 atom stereocenters. The summed E-state index contributed by atoms with van der Waals surface area (Å²) in [6.45, 7) is 3.45. The largest absolute Gasteiger partial charge is 0.309 e. The standard InChI is InChI=1S/2C18H17F2N5O/c2*1-10(18(26)21-17-9-16(22-23-17)11-2-3-11)15-6-7-25(24-15)12-4-5-13(19)14(20)8-12/h2*4-11H,2-3H2,1H3,(H2,21,22,23,26)/t2*10-/m00/s1. The molecule has 0 saturated heterocycles. The van der Waals surface area contributed by atoms with Crippen molar-refractivity contribution in [3.63, 3.8) is 0 Å². The lowest BCUT2D eigenvalue weighted by atomic mass is 10.1. The average Bonchev–Trinajstić information content (AvgIpc) is 3.90. The fourth-order valence-corrected chi connectivity index (χ4v) is 5.43. The summed E-state index contributed by atoms with van der Waals surface area (Å²) in [5.74, 6) is -3.24. The molecule has 2 aromatic carbocycles. The highest BCUT2D eigenvalue weighted by molar-refractivity contribution is 5.95. The molecule has 52 heavy (non-hydrogen) atoms. The van der Waals surface area contributed by atoms with Crippen LogP contribution in [-0.4, -0.2) is 51.8 Å². The number of hydrogen-bond acceptors (Lipinski definition) is 6. The maximum absolute atomic E-state index is 13.4. The van der Waals surface area contributed by atoms with Gasteiger partial charge in [-0.25, -0.2) is 26.9 Å². The number of nitrogens with zero attached hydrogens (tertiary/aromatic N) is 6. The number of anilines is 2. The van der Waals surface area contributed by atoms with Gasteiger partial charge < -0.3 is 10.6 Å². The summed E-state index contributed by atoms with van der Waals surface area (Å²) in [6.07, 6.45) is 7.79. The molecule has 12 nitrogen and oxygen atoms in total. The van der Waals surface area contributed by atoms with Gasteiger partial charge in [0.2, 0.25) is 11.8 Å². The van der Waals surface area contributed by atoms with Gasteiger partial charge in [0.05, 0.1) is 34.6 Å². The number of nitrogens with one attached hydrogen (secondary N) is 4. The molecule has 0 aliphatic heterocycles. The molecule has 6 aromatic rings. The first-order valence-electron chi connectivity index (χ1n) is 16.8. The second kappa shape index (κ2) is 14.3. The van der Waals surface area contributed by atoms with Gasteiger partial charge in [0.25, 0.3) is 0 Å². The van der Waals surface area contributed by atoms with Crippen LogP contribution in [0.25, 0.3) is 11.4 Å². The third-order valence-corrected chi connectivity index (χ3v) is 8.96. The number of rotatable bonds is 10. The van der Waals surface area contributed by atoms with Crippen molar-refractivity contribution >= 4 is 23.5 Å². The number of carbonyl (C=O) groups excluding carboxylic acids is 2. The van der Waals surface area contributed by atoms with Crippen LogP contribution in [0.4, 0.5) is 29.2 Å². The van der Waals surface area contributed by atoms with Crippen molar-refractivity contribution < 1.29 is 27.2 Å². The van der Waals surface area contributed by atoms with Crippen LogP contribution in [0.5, 0.6) is 0 Å². The molecule has 4 aromatic heterocycles. The van der Waals surface area contributed by atoms with Gasteiger partial charge in [-0.05, 0) is 75.9 Å². The fraction of sp³-hybridized carbons (Fsp3) is 0.278. The van der Waals surface area contributed by atoms with Gasteiger partial charge in [0.15, 0.2) is 34.9 Å². The van der Waals surface area contributed by atoms with Crippen molar-refractivity contribution in [1.29, 1.82) is 0 Å². The van der Waals surface area contributed by atoms with Gasteiger partial charge >= 0.3 is 0 Å². The number of carbonyl (C=O) groups is 2. The molecule has 4 heterocycles. The highest BCUT2D eigenvalue weighted by Gasteiger charge is 2.28. The molecule has 8 rings (SSSR count). The Hall–Kier alpha value is -6.06. The fourth-order valence-electron chi connectivity index (χ4n) is 5.43. The van der Waals surface area contributed by atoms with Crippen molar-refractivity contribution in [2.75, 3.05) is 10.6 Å². The molecule has 0 bridgehead atoms. The molecular formula is C36H34F4N10O2. The summed E-state index contributed by atoms with van der Waals surface area (Å²) < 4.78 is 55.7. The smallest absolute Gasteiger partial charge is 0.234 e. The third kappa shape index (κ3) is 7.80. The van der Waals surface area contributed by atoms with Crippen molar-refractivity contribution in [3.8, 4) is 11.4 Å². The molecule has 2 aliphatic carbocycles. The Bertz CT molecular complexity index is 2080. The van der Waals surface area contributed by atoms with Crippen LogP contribution >= 0.6 is 0 Å². The highest BCUT2D eigenvalue weighted by Crippen LogP contribution is 2.40. The monoisotopic (exact) mass is 714 g/mol. The van der Waals surface area contributed by atoms with E-state index in [9.17, 15) is 27.2 Å². The van der Waals surface area contributed by atoms with E-state index in [1.807, 2.05) is 12.1 Å². The van der Waals surface area contributed by atoms with E-state index in [-0.39, 0.29) is 11.8 Å². The van der Waals surface area contributed by atoms with Crippen LogP contribution < -0.4 is 10.6 Å². The summed E-state index contributed by atoms with van der Waals surface area (Å²) in [6, 6.07) is 14.1. The second-order valence-corrected chi connectivity index (χ2v) is 13.0. The second-order valence-electron chi connectivity index (χ2n) is 13.0. The SMILES string of the molecule is C[C@H](C(=O)Nc1cc(C2CC2)[nH]n1)c1ccn(-c2ccc(F)c(F)c2)n1.C[C@H](C(=O)Nc1cc(C2CC2)[nH]n1)c1ccn(-c2ccc(F)c(F)c2)n1. The zero-order valence-corrected chi connectivity index (χ0v) is 28.1. The Labute approximate surface area is 294 Å². The van der Waals surface area contributed by atoms with Gasteiger partial charge in [-0.1, -0.05) is 0 Å². The van der Waals surface area contributed by atoms with Crippen LogP contribution in [-0.2, 0) is 9.59 Å². The zero-order chi connectivity index (χ0) is 36.5. The minimum absolute atomic E-state index is 0.241. The first kappa shape index (κ1) is 34.4. The molecule has 4 N–H and O–H groups in total. The molecule has 2 fully saturated rings.